The minimum absolute atomic E-state index is 0.533. The number of rotatable bonds is 1. The van der Waals surface area contributed by atoms with E-state index in [1.165, 1.54) is 11.3 Å². The van der Waals surface area contributed by atoms with Gasteiger partial charge in [-0.15, -0.1) is 11.3 Å². The molecule has 0 fully saturated rings. The summed E-state index contributed by atoms with van der Waals surface area (Å²) in [4.78, 5) is 10.3. The zero-order valence-electron chi connectivity index (χ0n) is 4.93. The zero-order chi connectivity index (χ0) is 7.56. The monoisotopic (exact) mass is 220 g/mol. The second-order valence-electron chi connectivity index (χ2n) is 1.59. The van der Waals surface area contributed by atoms with Crippen LogP contribution in [0.2, 0.25) is 0 Å². The third-order valence-corrected chi connectivity index (χ3v) is 2.36. The fourth-order valence-electron chi connectivity index (χ4n) is 0.503. The van der Waals surface area contributed by atoms with Crippen LogP contribution >= 0.6 is 27.3 Å². The van der Waals surface area contributed by atoms with Crippen LogP contribution in [0.5, 0.6) is 0 Å². The first kappa shape index (κ1) is 7.56. The average Bonchev–Trinajstić information content (AvgIpc) is 2.13. The molecule has 1 aromatic rings. The van der Waals surface area contributed by atoms with E-state index in [-0.39, 0.29) is 0 Å². The third-order valence-electron chi connectivity index (χ3n) is 0.820. The van der Waals surface area contributed by atoms with Crippen LogP contribution in [0.15, 0.2) is 15.9 Å². The van der Waals surface area contributed by atoms with E-state index in [4.69, 9.17) is 5.73 Å². The van der Waals surface area contributed by atoms with Gasteiger partial charge in [0.2, 0.25) is 0 Å². The van der Waals surface area contributed by atoms with Gasteiger partial charge >= 0.3 is 6.03 Å². The van der Waals surface area contributed by atoms with Crippen LogP contribution in [0.4, 0.5) is 9.80 Å². The Hall–Kier alpha value is -0.550. The Morgan fingerprint density at radius 3 is 2.80 bits per heavy atom. The molecule has 1 rings (SSSR count). The maximum Gasteiger partial charge on any atom is 0.317 e. The highest BCUT2D eigenvalue weighted by Gasteiger charge is 1.97. The molecule has 0 bridgehead atoms. The van der Waals surface area contributed by atoms with E-state index in [1.54, 1.807) is 6.07 Å². The second kappa shape index (κ2) is 3.03. The van der Waals surface area contributed by atoms with Crippen LogP contribution < -0.4 is 11.1 Å². The summed E-state index contributed by atoms with van der Waals surface area (Å²) in [5.41, 5.74) is 4.88. The van der Waals surface area contributed by atoms with Gasteiger partial charge in [0.15, 0.2) is 0 Å². The molecule has 5 heteroatoms. The number of thiophene rings is 1. The Morgan fingerprint density at radius 2 is 2.40 bits per heavy atom. The number of carbonyl (C=O) groups is 1. The van der Waals surface area contributed by atoms with Gasteiger partial charge in [-0.05, 0) is 28.1 Å². The number of primary amides is 1. The summed E-state index contributed by atoms with van der Waals surface area (Å²) >= 11 is 4.67. The number of anilines is 1. The number of urea groups is 1. The number of carbonyl (C=O) groups excluding carboxylic acids is 1. The van der Waals surface area contributed by atoms with Crippen molar-refractivity contribution in [2.24, 2.45) is 5.73 Å². The number of halogens is 1. The molecule has 3 N–H and O–H groups in total. The molecular formula is C5H5BrN2OS. The number of nitrogens with one attached hydrogen (secondary N) is 1. The lowest BCUT2D eigenvalue weighted by molar-refractivity contribution is 0.259. The highest BCUT2D eigenvalue weighted by Crippen LogP contribution is 2.25. The van der Waals surface area contributed by atoms with E-state index >= 15 is 0 Å². The molecule has 0 unspecified atom stereocenters. The van der Waals surface area contributed by atoms with Crippen molar-refractivity contribution in [3.05, 3.63) is 15.9 Å². The lowest BCUT2D eigenvalue weighted by Gasteiger charge is -1.92. The summed E-state index contributed by atoms with van der Waals surface area (Å²) in [6.45, 7) is 0. The standard InChI is InChI=1S/C5H5BrN2OS/c6-3-1-2-4(10-3)8-5(7)9/h1-2H,(H3,7,8,9). The molecule has 3 nitrogen and oxygen atoms in total. The van der Waals surface area contributed by atoms with E-state index in [9.17, 15) is 4.79 Å². The number of hydrogen-bond acceptors (Lipinski definition) is 2. The van der Waals surface area contributed by atoms with Crippen molar-refractivity contribution in [3.8, 4) is 0 Å². The van der Waals surface area contributed by atoms with Crippen molar-refractivity contribution in [3.63, 3.8) is 0 Å². The molecule has 0 atom stereocenters. The van der Waals surface area contributed by atoms with Gasteiger partial charge in [0, 0.05) is 0 Å². The van der Waals surface area contributed by atoms with Crippen LogP contribution in [0.1, 0.15) is 0 Å². The Kier molecular flexibility index (Phi) is 2.29. The Bertz CT molecular complexity index is 248. The molecule has 0 aromatic carbocycles. The van der Waals surface area contributed by atoms with Gasteiger partial charge in [0.25, 0.3) is 0 Å². The highest BCUT2D eigenvalue weighted by molar-refractivity contribution is 9.11. The molecule has 0 saturated heterocycles. The van der Waals surface area contributed by atoms with Gasteiger partial charge in [-0.3, -0.25) is 5.32 Å². The predicted octanol–water partition coefficient (Wildman–Crippen LogP) is 2.00. The minimum atomic E-state index is -0.533. The molecule has 10 heavy (non-hydrogen) atoms. The SMILES string of the molecule is NC(=O)Nc1ccc(Br)s1. The Balaban J connectivity index is 2.67. The Labute approximate surface area is 70.4 Å². The first-order valence-corrected chi connectivity index (χ1v) is 4.11. The minimum Gasteiger partial charge on any atom is -0.351 e. The first-order chi connectivity index (χ1) is 4.68. The van der Waals surface area contributed by atoms with Gasteiger partial charge in [0.1, 0.15) is 0 Å². The number of nitrogens with two attached hydrogens (primary N) is 1. The van der Waals surface area contributed by atoms with Crippen molar-refractivity contribution >= 4 is 38.3 Å². The molecule has 1 aromatic heterocycles. The van der Waals surface area contributed by atoms with Gasteiger partial charge in [0.05, 0.1) is 8.79 Å². The normalized spacial score (nSPS) is 9.30. The molecule has 0 aliphatic carbocycles. The zero-order valence-corrected chi connectivity index (χ0v) is 7.33. The van der Waals surface area contributed by atoms with Crippen LogP contribution in [0.3, 0.4) is 0 Å². The second-order valence-corrected chi connectivity index (χ2v) is 4.06. The van der Waals surface area contributed by atoms with E-state index in [1.807, 2.05) is 6.07 Å². The van der Waals surface area contributed by atoms with E-state index < -0.39 is 6.03 Å². The lowest BCUT2D eigenvalue weighted by Crippen LogP contribution is -2.18. The number of hydrogen-bond donors (Lipinski definition) is 2. The summed E-state index contributed by atoms with van der Waals surface area (Å²) in [6.07, 6.45) is 0. The third kappa shape index (κ3) is 2.00. The summed E-state index contributed by atoms with van der Waals surface area (Å²) in [6, 6.07) is 3.09. The van der Waals surface area contributed by atoms with Crippen molar-refractivity contribution in [2.75, 3.05) is 5.32 Å². The molecule has 0 radical (unpaired) electrons. The summed E-state index contributed by atoms with van der Waals surface area (Å²) in [5, 5.41) is 3.20. The molecule has 1 heterocycles. The maximum atomic E-state index is 10.3. The van der Waals surface area contributed by atoms with Crippen molar-refractivity contribution in [1.82, 2.24) is 0 Å². The quantitative estimate of drug-likeness (QED) is 0.748. The van der Waals surface area contributed by atoms with Crippen molar-refractivity contribution < 1.29 is 4.79 Å². The maximum absolute atomic E-state index is 10.3. The summed E-state index contributed by atoms with van der Waals surface area (Å²) in [5.74, 6) is 0. The van der Waals surface area contributed by atoms with Gasteiger partial charge in [-0.2, -0.15) is 0 Å². The fraction of sp³-hybridized carbons (Fsp3) is 0. The molecule has 0 aliphatic rings. The molecule has 2 amide bonds. The molecular weight excluding hydrogens is 216 g/mol. The van der Waals surface area contributed by atoms with Crippen molar-refractivity contribution in [1.29, 1.82) is 0 Å². The average molecular weight is 221 g/mol. The molecule has 0 saturated carbocycles. The molecule has 0 aliphatic heterocycles. The lowest BCUT2D eigenvalue weighted by atomic mass is 10.6. The topological polar surface area (TPSA) is 55.1 Å². The van der Waals surface area contributed by atoms with Crippen LogP contribution in [-0.2, 0) is 0 Å². The summed E-state index contributed by atoms with van der Waals surface area (Å²) in [7, 11) is 0. The molecule has 54 valence electrons. The predicted molar refractivity (Wildman–Crippen MR) is 45.2 cm³/mol. The fourth-order valence-corrected chi connectivity index (χ4v) is 1.79. The largest absolute Gasteiger partial charge is 0.351 e. The Morgan fingerprint density at radius 1 is 1.70 bits per heavy atom. The first-order valence-electron chi connectivity index (χ1n) is 2.50. The van der Waals surface area contributed by atoms with E-state index in [0.717, 1.165) is 8.79 Å². The van der Waals surface area contributed by atoms with Gasteiger partial charge in [-0.1, -0.05) is 0 Å². The van der Waals surface area contributed by atoms with Crippen LogP contribution in [0.25, 0.3) is 0 Å². The van der Waals surface area contributed by atoms with Crippen LogP contribution in [0, 0.1) is 0 Å². The summed E-state index contributed by atoms with van der Waals surface area (Å²) < 4.78 is 0.969. The van der Waals surface area contributed by atoms with Crippen molar-refractivity contribution in [2.45, 2.75) is 0 Å². The molecule has 0 spiro atoms. The van der Waals surface area contributed by atoms with Crippen LogP contribution in [-0.4, -0.2) is 6.03 Å². The van der Waals surface area contributed by atoms with E-state index in [2.05, 4.69) is 21.2 Å². The van der Waals surface area contributed by atoms with E-state index in [0.29, 0.717) is 0 Å². The number of amides is 2. The highest BCUT2D eigenvalue weighted by atomic mass is 79.9. The smallest absolute Gasteiger partial charge is 0.317 e. The van der Waals surface area contributed by atoms with Gasteiger partial charge in [-0.25, -0.2) is 4.79 Å². The van der Waals surface area contributed by atoms with Gasteiger partial charge < -0.3 is 5.73 Å².